The van der Waals surface area contributed by atoms with Crippen molar-refractivity contribution in [3.63, 3.8) is 0 Å². The number of hydrogen-bond donors (Lipinski definition) is 0. The first-order chi connectivity index (χ1) is 11.4. The second-order valence-corrected chi connectivity index (χ2v) is 6.43. The molecule has 0 radical (unpaired) electrons. The molecule has 0 aromatic carbocycles. The summed E-state index contributed by atoms with van der Waals surface area (Å²) in [5, 5.41) is 0. The molecule has 0 amide bonds. The molecule has 7 nitrogen and oxygen atoms in total. The highest BCUT2D eigenvalue weighted by Gasteiger charge is 2.36. The maximum atomic E-state index is 11.1. The predicted octanol–water partition coefficient (Wildman–Crippen LogP) is 1.75. The third kappa shape index (κ3) is 9.87. The standard InChI is InChI=1S/C13H21N2O2.CHF3O3S/c1-4-5-6-14-7-8-15(11-14)9-10-17-13(16)12(2)3;2-1(3,4)8(5,6)7/h7-8,11H,2,4-6,9-10H2,1,3H3;(H,5,6,7)/q+1;/p-1. The smallest absolute Gasteiger partial charge is 0.485 e. The Labute approximate surface area is 144 Å². The lowest BCUT2D eigenvalue weighted by Gasteiger charge is -2.08. The van der Waals surface area contributed by atoms with E-state index in [2.05, 4.69) is 18.1 Å². The van der Waals surface area contributed by atoms with E-state index in [1.54, 1.807) is 6.92 Å². The number of halogens is 3. The molecule has 0 N–H and O–H groups in total. The van der Waals surface area contributed by atoms with Crippen LogP contribution < -0.4 is 4.57 Å². The number of nitrogens with zero attached hydrogens (tertiary/aromatic N) is 2. The molecular formula is C14H21F3N2O5S. The maximum Gasteiger partial charge on any atom is 0.485 e. The lowest BCUT2D eigenvalue weighted by atomic mass is 10.3. The summed E-state index contributed by atoms with van der Waals surface area (Å²) < 4.78 is 68.1. The van der Waals surface area contributed by atoms with Crippen molar-refractivity contribution in [2.24, 2.45) is 0 Å². The number of ether oxygens (including phenoxy) is 1. The molecule has 1 aromatic rings. The third-order valence-electron chi connectivity index (χ3n) is 2.73. The summed E-state index contributed by atoms with van der Waals surface area (Å²) in [5.41, 5.74) is -5.21. The van der Waals surface area contributed by atoms with Gasteiger partial charge in [-0.3, -0.25) is 0 Å². The van der Waals surface area contributed by atoms with E-state index in [4.69, 9.17) is 17.7 Å². The Hall–Kier alpha value is -1.88. The molecule has 1 heterocycles. The van der Waals surface area contributed by atoms with Gasteiger partial charge in [-0.15, -0.1) is 0 Å². The van der Waals surface area contributed by atoms with Gasteiger partial charge in [0.15, 0.2) is 10.1 Å². The van der Waals surface area contributed by atoms with Crippen molar-refractivity contribution in [2.45, 2.75) is 45.3 Å². The van der Waals surface area contributed by atoms with Crippen LogP contribution in [-0.2, 0) is 32.7 Å². The lowest BCUT2D eigenvalue weighted by Crippen LogP contribution is -2.30. The quantitative estimate of drug-likeness (QED) is 0.234. The van der Waals surface area contributed by atoms with Crippen LogP contribution in [0.15, 0.2) is 30.9 Å². The largest absolute Gasteiger partial charge is 0.741 e. The first-order valence-corrected chi connectivity index (χ1v) is 8.69. The summed E-state index contributed by atoms with van der Waals surface area (Å²) in [7, 11) is -6.09. The number of aromatic nitrogens is 2. The fourth-order valence-corrected chi connectivity index (χ4v) is 1.41. The maximum absolute atomic E-state index is 11.1. The van der Waals surface area contributed by atoms with Gasteiger partial charge in [0.05, 0.1) is 6.54 Å². The van der Waals surface area contributed by atoms with Gasteiger partial charge in [-0.2, -0.15) is 13.2 Å². The van der Waals surface area contributed by atoms with Gasteiger partial charge in [-0.05, 0) is 13.3 Å². The number of carbonyl (C=O) groups excluding carboxylic acids is 1. The highest BCUT2D eigenvalue weighted by Crippen LogP contribution is 2.20. The topological polar surface area (TPSA) is 92.3 Å². The summed E-state index contributed by atoms with van der Waals surface area (Å²) in [4.78, 5) is 11.1. The first kappa shape index (κ1) is 23.1. The average molecular weight is 386 g/mol. The molecule has 1 aromatic heterocycles. The number of hydrogen-bond acceptors (Lipinski definition) is 5. The van der Waals surface area contributed by atoms with Crippen LogP contribution in [0.1, 0.15) is 26.7 Å². The molecular weight excluding hydrogens is 365 g/mol. The van der Waals surface area contributed by atoms with Gasteiger partial charge in [-0.1, -0.05) is 19.9 Å². The van der Waals surface area contributed by atoms with Gasteiger partial charge in [0.2, 0.25) is 6.33 Å². The van der Waals surface area contributed by atoms with Crippen molar-refractivity contribution in [3.05, 3.63) is 30.9 Å². The summed E-state index contributed by atoms with van der Waals surface area (Å²) in [6.07, 6.45) is 8.43. The van der Waals surface area contributed by atoms with Crippen molar-refractivity contribution >= 4 is 16.1 Å². The molecule has 11 heteroatoms. The Morgan fingerprint density at radius 2 is 1.96 bits per heavy atom. The Balaban J connectivity index is 0.000000609. The number of alkyl halides is 3. The molecule has 0 atom stereocenters. The van der Waals surface area contributed by atoms with Crippen LogP contribution in [0.25, 0.3) is 0 Å². The van der Waals surface area contributed by atoms with Gasteiger partial charge in [0.25, 0.3) is 0 Å². The minimum atomic E-state index is -6.09. The number of esters is 1. The fraction of sp³-hybridized carbons (Fsp3) is 0.571. The Morgan fingerprint density at radius 3 is 2.40 bits per heavy atom. The Kier molecular flexibility index (Phi) is 9.42. The number of imidazole rings is 1. The molecule has 0 spiro atoms. The highest BCUT2D eigenvalue weighted by molar-refractivity contribution is 7.86. The van der Waals surface area contributed by atoms with Gasteiger partial charge >= 0.3 is 11.5 Å². The van der Waals surface area contributed by atoms with E-state index in [1.807, 2.05) is 23.3 Å². The normalized spacial score (nSPS) is 11.4. The van der Waals surface area contributed by atoms with E-state index in [1.165, 1.54) is 12.8 Å². The molecule has 0 saturated heterocycles. The van der Waals surface area contributed by atoms with Gasteiger partial charge in [-0.25, -0.2) is 22.3 Å². The van der Waals surface area contributed by atoms with Crippen LogP contribution in [0.3, 0.4) is 0 Å². The number of rotatable bonds is 7. The number of unbranched alkanes of at least 4 members (excludes halogenated alkanes) is 1. The molecule has 25 heavy (non-hydrogen) atoms. The molecule has 1 rings (SSSR count). The minimum absolute atomic E-state index is 0.323. The zero-order valence-electron chi connectivity index (χ0n) is 14.0. The number of carbonyl (C=O) groups is 1. The summed E-state index contributed by atoms with van der Waals surface area (Å²) >= 11 is 0. The fourth-order valence-electron chi connectivity index (χ4n) is 1.41. The van der Waals surface area contributed by atoms with E-state index in [9.17, 15) is 18.0 Å². The van der Waals surface area contributed by atoms with Crippen LogP contribution >= 0.6 is 0 Å². The zero-order chi connectivity index (χ0) is 19.7. The minimum Gasteiger partial charge on any atom is -0.741 e. The van der Waals surface area contributed by atoms with Crippen LogP contribution in [-0.4, -0.2) is 35.6 Å². The summed E-state index contributed by atoms with van der Waals surface area (Å²) in [5.74, 6) is -0.323. The summed E-state index contributed by atoms with van der Waals surface area (Å²) in [6.45, 7) is 9.46. The van der Waals surface area contributed by atoms with Gasteiger partial charge < -0.3 is 9.29 Å². The molecule has 0 bridgehead atoms. The second-order valence-electron chi connectivity index (χ2n) is 5.06. The lowest BCUT2D eigenvalue weighted by molar-refractivity contribution is -0.696. The monoisotopic (exact) mass is 386 g/mol. The predicted molar refractivity (Wildman–Crippen MR) is 81.1 cm³/mol. The van der Waals surface area contributed by atoms with Crippen LogP contribution in [0.5, 0.6) is 0 Å². The molecule has 0 aliphatic rings. The van der Waals surface area contributed by atoms with Crippen LogP contribution in [0, 0.1) is 0 Å². The van der Waals surface area contributed by atoms with E-state index in [0.29, 0.717) is 18.7 Å². The molecule has 0 unspecified atom stereocenters. The molecule has 0 fully saturated rings. The Morgan fingerprint density at radius 1 is 1.40 bits per heavy atom. The zero-order valence-corrected chi connectivity index (χ0v) is 14.8. The first-order valence-electron chi connectivity index (χ1n) is 7.28. The molecule has 0 aliphatic carbocycles. The second kappa shape index (κ2) is 10.2. The van der Waals surface area contributed by atoms with Gasteiger partial charge in [0, 0.05) is 5.57 Å². The van der Waals surface area contributed by atoms with Crippen LogP contribution in [0.2, 0.25) is 0 Å². The highest BCUT2D eigenvalue weighted by atomic mass is 32.2. The van der Waals surface area contributed by atoms with E-state index in [0.717, 1.165) is 6.54 Å². The Bertz CT molecular complexity index is 668. The van der Waals surface area contributed by atoms with E-state index < -0.39 is 15.6 Å². The van der Waals surface area contributed by atoms with E-state index >= 15 is 0 Å². The SMILES string of the molecule is C=C(C)C(=O)OCCn1cc[n+](CCCC)c1.O=S(=O)([O-])C(F)(F)F. The summed E-state index contributed by atoms with van der Waals surface area (Å²) in [6, 6.07) is 0. The van der Waals surface area contributed by atoms with Gasteiger partial charge in [0.1, 0.15) is 25.5 Å². The van der Waals surface area contributed by atoms with Crippen molar-refractivity contribution in [3.8, 4) is 0 Å². The van der Waals surface area contributed by atoms with Crippen molar-refractivity contribution < 1.29 is 40.2 Å². The average Bonchev–Trinajstić information content (AvgIpc) is 2.91. The van der Waals surface area contributed by atoms with Crippen molar-refractivity contribution in [2.75, 3.05) is 6.61 Å². The van der Waals surface area contributed by atoms with E-state index in [-0.39, 0.29) is 5.97 Å². The van der Waals surface area contributed by atoms with Crippen molar-refractivity contribution in [1.82, 2.24) is 4.57 Å². The molecule has 0 aliphatic heterocycles. The molecule has 144 valence electrons. The van der Waals surface area contributed by atoms with Crippen LogP contribution in [0.4, 0.5) is 13.2 Å². The molecule has 0 saturated carbocycles. The third-order valence-corrected chi connectivity index (χ3v) is 3.30. The van der Waals surface area contributed by atoms with Crippen molar-refractivity contribution in [1.29, 1.82) is 0 Å². The number of aryl methyl sites for hydroxylation is 1.